The fourth-order valence-corrected chi connectivity index (χ4v) is 3.15. The first-order chi connectivity index (χ1) is 13.6. The molecular weight excluding hydrogens is 372 g/mol. The Kier molecular flexibility index (Phi) is 10.4. The average Bonchev–Trinajstić information content (AvgIpc) is 2.65. The molecule has 0 aromatic heterocycles. The van der Waals surface area contributed by atoms with Crippen molar-refractivity contribution in [3.05, 3.63) is 35.9 Å². The minimum absolute atomic E-state index is 0.127. The van der Waals surface area contributed by atoms with Crippen molar-refractivity contribution in [1.29, 1.82) is 0 Å². The molecule has 3 atom stereocenters. The molecule has 3 N–H and O–H groups in total. The minimum Gasteiger partial charge on any atom is -0.459 e. The highest BCUT2D eigenvalue weighted by molar-refractivity contribution is 5.91. The molecule has 0 bridgehead atoms. The number of nitrogens with one attached hydrogen (secondary N) is 1. The Hall–Kier alpha value is -2.41. The molecule has 0 saturated carbocycles. The number of carbonyl (C=O) groups is 3. The van der Waals surface area contributed by atoms with E-state index >= 15 is 0 Å². The van der Waals surface area contributed by atoms with Crippen LogP contribution in [-0.2, 0) is 30.5 Å². The van der Waals surface area contributed by atoms with E-state index in [2.05, 4.69) is 5.32 Å². The van der Waals surface area contributed by atoms with Crippen LogP contribution < -0.4 is 11.1 Å². The van der Waals surface area contributed by atoms with Crippen LogP contribution in [0.15, 0.2) is 30.3 Å². The van der Waals surface area contributed by atoms with E-state index < -0.39 is 35.8 Å². The Balaban J connectivity index is 2.90. The molecule has 0 aliphatic rings. The van der Waals surface area contributed by atoms with Gasteiger partial charge in [-0.15, -0.1) is 0 Å². The predicted molar refractivity (Wildman–Crippen MR) is 111 cm³/mol. The summed E-state index contributed by atoms with van der Waals surface area (Å²) in [7, 11) is 1.34. The van der Waals surface area contributed by atoms with Gasteiger partial charge in [-0.05, 0) is 30.2 Å². The quantitative estimate of drug-likeness (QED) is 0.518. The van der Waals surface area contributed by atoms with Gasteiger partial charge in [0.1, 0.15) is 18.8 Å². The predicted octanol–water partition coefficient (Wildman–Crippen LogP) is 2.42. The zero-order valence-electron chi connectivity index (χ0n) is 18.0. The topological polar surface area (TPSA) is 108 Å². The fourth-order valence-electron chi connectivity index (χ4n) is 3.15. The molecule has 7 nitrogen and oxygen atoms in total. The number of carbonyl (C=O) groups excluding carboxylic acids is 3. The van der Waals surface area contributed by atoms with Crippen LogP contribution in [-0.4, -0.2) is 37.0 Å². The summed E-state index contributed by atoms with van der Waals surface area (Å²) in [5, 5.41) is 2.76. The number of esters is 1. The van der Waals surface area contributed by atoms with Crippen LogP contribution >= 0.6 is 0 Å². The van der Waals surface area contributed by atoms with Crippen molar-refractivity contribution in [3.8, 4) is 0 Å². The summed E-state index contributed by atoms with van der Waals surface area (Å²) in [5.74, 6) is -2.15. The summed E-state index contributed by atoms with van der Waals surface area (Å²) < 4.78 is 10.6. The van der Waals surface area contributed by atoms with Gasteiger partial charge in [0.2, 0.25) is 11.8 Å². The summed E-state index contributed by atoms with van der Waals surface area (Å²) in [6, 6.07) is 8.51. The van der Waals surface area contributed by atoms with E-state index in [1.165, 1.54) is 7.11 Å². The molecule has 3 unspecified atom stereocenters. The zero-order chi connectivity index (χ0) is 22.0. The molecule has 0 radical (unpaired) electrons. The first-order valence-electron chi connectivity index (χ1n) is 9.98. The van der Waals surface area contributed by atoms with Crippen molar-refractivity contribution in [3.63, 3.8) is 0 Å². The lowest BCUT2D eigenvalue weighted by Gasteiger charge is -2.27. The van der Waals surface area contributed by atoms with Crippen molar-refractivity contribution < 1.29 is 23.9 Å². The van der Waals surface area contributed by atoms with Gasteiger partial charge in [-0.2, -0.15) is 0 Å². The van der Waals surface area contributed by atoms with Crippen LogP contribution in [0.25, 0.3) is 0 Å². The maximum absolute atomic E-state index is 12.9. The summed E-state index contributed by atoms with van der Waals surface area (Å²) in [4.78, 5) is 37.3. The number of methoxy groups -OCH3 is 1. The van der Waals surface area contributed by atoms with Crippen LogP contribution in [0.1, 0.15) is 46.1 Å². The highest BCUT2D eigenvalue weighted by atomic mass is 16.5. The Labute approximate surface area is 173 Å². The highest BCUT2D eigenvalue weighted by Crippen LogP contribution is 2.19. The van der Waals surface area contributed by atoms with Crippen LogP contribution in [0.4, 0.5) is 0 Å². The number of benzene rings is 1. The normalized spacial score (nSPS) is 14.3. The highest BCUT2D eigenvalue weighted by Gasteiger charge is 2.35. The smallest absolute Gasteiger partial charge is 0.328 e. The van der Waals surface area contributed by atoms with Gasteiger partial charge in [-0.3, -0.25) is 9.59 Å². The summed E-state index contributed by atoms with van der Waals surface area (Å²) in [6.45, 7) is 7.91. The van der Waals surface area contributed by atoms with Gasteiger partial charge in [0.15, 0.2) is 0 Å². The van der Waals surface area contributed by atoms with E-state index in [9.17, 15) is 14.4 Å². The molecule has 1 aromatic rings. The molecule has 29 heavy (non-hydrogen) atoms. The van der Waals surface area contributed by atoms with E-state index in [4.69, 9.17) is 15.2 Å². The third kappa shape index (κ3) is 8.64. The summed E-state index contributed by atoms with van der Waals surface area (Å²) in [5.41, 5.74) is 6.27. The minimum atomic E-state index is -1.06. The summed E-state index contributed by atoms with van der Waals surface area (Å²) in [6.07, 6.45) is -0.236. The number of hydrogen-bond donors (Lipinski definition) is 2. The lowest BCUT2D eigenvalue weighted by atomic mass is 9.90. The number of hydrogen-bond acceptors (Lipinski definition) is 5. The standard InChI is InChI=1S/C22H34N2O5/c1-14(2)11-17(19(28-5)20(23)25)21(26)24-18(12-15(3)4)22(27)29-13-16-9-7-6-8-10-16/h6-10,14-15,17-19H,11-13H2,1-5H3,(H2,23,25)(H,24,26). The molecular formula is C22H34N2O5. The molecule has 2 amide bonds. The first-order valence-corrected chi connectivity index (χ1v) is 9.98. The van der Waals surface area contributed by atoms with E-state index in [1.54, 1.807) is 0 Å². The Bertz CT molecular complexity index is 660. The SMILES string of the molecule is COC(C(N)=O)C(CC(C)C)C(=O)NC(CC(C)C)C(=O)OCc1ccccc1. The second kappa shape index (κ2) is 12.2. The molecule has 0 fully saturated rings. The van der Waals surface area contributed by atoms with Gasteiger partial charge in [0.05, 0.1) is 5.92 Å². The monoisotopic (exact) mass is 406 g/mol. The van der Waals surface area contributed by atoms with Gasteiger partial charge in [-0.25, -0.2) is 4.79 Å². The van der Waals surface area contributed by atoms with Crippen LogP contribution in [0.3, 0.4) is 0 Å². The molecule has 0 spiro atoms. The van der Waals surface area contributed by atoms with Crippen molar-refractivity contribution >= 4 is 17.8 Å². The first kappa shape index (κ1) is 24.6. The molecule has 162 valence electrons. The largest absolute Gasteiger partial charge is 0.459 e. The van der Waals surface area contributed by atoms with E-state index in [0.717, 1.165) is 5.56 Å². The number of ether oxygens (including phenoxy) is 2. The van der Waals surface area contributed by atoms with E-state index in [-0.39, 0.29) is 18.4 Å². The molecule has 0 saturated heterocycles. The molecule has 0 heterocycles. The maximum Gasteiger partial charge on any atom is 0.328 e. The third-order valence-electron chi connectivity index (χ3n) is 4.49. The lowest BCUT2D eigenvalue weighted by molar-refractivity contribution is -0.151. The summed E-state index contributed by atoms with van der Waals surface area (Å²) >= 11 is 0. The molecule has 1 rings (SSSR count). The number of nitrogens with two attached hydrogens (primary N) is 1. The molecule has 1 aromatic carbocycles. The average molecular weight is 407 g/mol. The van der Waals surface area contributed by atoms with Crippen molar-refractivity contribution in [2.75, 3.05) is 7.11 Å². The van der Waals surface area contributed by atoms with Gasteiger partial charge in [0.25, 0.3) is 0 Å². The number of amides is 2. The second-order valence-electron chi connectivity index (χ2n) is 8.08. The van der Waals surface area contributed by atoms with Crippen molar-refractivity contribution in [1.82, 2.24) is 5.32 Å². The maximum atomic E-state index is 12.9. The number of rotatable bonds is 12. The second-order valence-corrected chi connectivity index (χ2v) is 8.08. The zero-order valence-corrected chi connectivity index (χ0v) is 18.0. The molecule has 7 heteroatoms. The number of primary amides is 1. The lowest BCUT2D eigenvalue weighted by Crippen LogP contribution is -2.50. The Morgan fingerprint density at radius 2 is 1.59 bits per heavy atom. The van der Waals surface area contributed by atoms with Gasteiger partial charge in [0, 0.05) is 7.11 Å². The molecule has 0 aliphatic carbocycles. The van der Waals surface area contributed by atoms with Crippen molar-refractivity contribution in [2.24, 2.45) is 23.5 Å². The van der Waals surface area contributed by atoms with E-state index in [0.29, 0.717) is 12.8 Å². The van der Waals surface area contributed by atoms with Crippen LogP contribution in [0.2, 0.25) is 0 Å². The van der Waals surface area contributed by atoms with Gasteiger partial charge >= 0.3 is 5.97 Å². The van der Waals surface area contributed by atoms with E-state index in [1.807, 2.05) is 58.0 Å². The Morgan fingerprint density at radius 3 is 2.07 bits per heavy atom. The third-order valence-corrected chi connectivity index (χ3v) is 4.49. The van der Waals surface area contributed by atoms with Crippen molar-refractivity contribution in [2.45, 2.75) is 59.3 Å². The Morgan fingerprint density at radius 1 is 1.00 bits per heavy atom. The van der Waals surface area contributed by atoms with Crippen LogP contribution in [0.5, 0.6) is 0 Å². The van der Waals surface area contributed by atoms with Crippen LogP contribution in [0, 0.1) is 17.8 Å². The van der Waals surface area contributed by atoms with Gasteiger partial charge in [-0.1, -0.05) is 58.0 Å². The van der Waals surface area contributed by atoms with Gasteiger partial charge < -0.3 is 20.5 Å². The molecule has 0 aliphatic heterocycles. The fraction of sp³-hybridized carbons (Fsp3) is 0.591.